The van der Waals surface area contributed by atoms with Gasteiger partial charge in [-0.1, -0.05) is 12.1 Å². The molecule has 0 spiro atoms. The quantitative estimate of drug-likeness (QED) is 0.719. The van der Waals surface area contributed by atoms with Crippen LogP contribution in [0.3, 0.4) is 0 Å². The summed E-state index contributed by atoms with van der Waals surface area (Å²) in [7, 11) is -3.34. The van der Waals surface area contributed by atoms with Crippen molar-refractivity contribution in [2.75, 3.05) is 6.66 Å². The van der Waals surface area contributed by atoms with Crippen molar-refractivity contribution >= 4 is 7.37 Å². The monoisotopic (exact) mass is 203 g/mol. The summed E-state index contributed by atoms with van der Waals surface area (Å²) in [6, 6.07) is 5.24. The van der Waals surface area contributed by atoms with Crippen molar-refractivity contribution < 1.29 is 13.8 Å². The molecule has 0 heterocycles. The fourth-order valence-electron chi connectivity index (χ4n) is 0.937. The highest BCUT2D eigenvalue weighted by molar-refractivity contribution is 7.57. The van der Waals surface area contributed by atoms with E-state index in [0.29, 0.717) is 5.56 Å². The number of rotatable bonds is 2. The number of hydrogen-bond donors (Lipinski definition) is 2. The highest BCUT2D eigenvalue weighted by Crippen LogP contribution is 2.48. The molecule has 0 radical (unpaired) electrons. The second kappa shape index (κ2) is 3.58. The molecule has 1 rings (SSSR count). The zero-order chi connectivity index (χ0) is 10.1. The third-order valence-electron chi connectivity index (χ3n) is 1.73. The molecule has 0 bridgehead atoms. The lowest BCUT2D eigenvalue weighted by Crippen LogP contribution is -2.09. The van der Waals surface area contributed by atoms with E-state index in [-0.39, 0.29) is 5.82 Å². The summed E-state index contributed by atoms with van der Waals surface area (Å²) in [5.41, 5.74) is 5.95. The molecule has 0 saturated heterocycles. The van der Waals surface area contributed by atoms with Gasteiger partial charge in [0.2, 0.25) is 7.37 Å². The molecule has 1 aromatic carbocycles. The van der Waals surface area contributed by atoms with E-state index in [2.05, 4.69) is 0 Å². The van der Waals surface area contributed by atoms with Crippen molar-refractivity contribution in [2.24, 2.45) is 5.73 Å². The van der Waals surface area contributed by atoms with Crippen molar-refractivity contribution in [3.63, 3.8) is 0 Å². The summed E-state index contributed by atoms with van der Waals surface area (Å²) >= 11 is 0. The minimum absolute atomic E-state index is 0.389. The number of halogens is 1. The SMILES string of the molecule is CP(=O)(O)C(N)c1ccc(F)cc1. The molecule has 0 fully saturated rings. The van der Waals surface area contributed by atoms with E-state index in [1.165, 1.54) is 30.9 Å². The molecule has 2 unspecified atom stereocenters. The molecule has 13 heavy (non-hydrogen) atoms. The van der Waals surface area contributed by atoms with E-state index in [0.717, 1.165) is 0 Å². The molecule has 0 aliphatic rings. The van der Waals surface area contributed by atoms with E-state index in [4.69, 9.17) is 10.6 Å². The zero-order valence-electron chi connectivity index (χ0n) is 7.14. The van der Waals surface area contributed by atoms with Gasteiger partial charge >= 0.3 is 0 Å². The maximum Gasteiger partial charge on any atom is 0.218 e. The van der Waals surface area contributed by atoms with Crippen molar-refractivity contribution in [1.82, 2.24) is 0 Å². The van der Waals surface area contributed by atoms with Crippen LogP contribution in [0.5, 0.6) is 0 Å². The Morgan fingerprint density at radius 3 is 2.31 bits per heavy atom. The van der Waals surface area contributed by atoms with Crippen LogP contribution in [0.4, 0.5) is 4.39 Å². The summed E-state index contributed by atoms with van der Waals surface area (Å²) in [4.78, 5) is 9.15. The molecule has 2 atom stereocenters. The van der Waals surface area contributed by atoms with Gasteiger partial charge in [-0.25, -0.2) is 4.39 Å². The smallest absolute Gasteiger partial charge is 0.218 e. The van der Waals surface area contributed by atoms with Gasteiger partial charge in [0, 0.05) is 6.66 Å². The average molecular weight is 203 g/mol. The van der Waals surface area contributed by atoms with Gasteiger partial charge in [0.05, 0.1) is 0 Å². The minimum atomic E-state index is -3.34. The number of nitrogens with two attached hydrogens (primary N) is 1. The average Bonchev–Trinajstić information content (AvgIpc) is 2.03. The Balaban J connectivity index is 2.97. The molecule has 5 heteroatoms. The molecule has 0 amide bonds. The Hall–Kier alpha value is -0.700. The third kappa shape index (κ3) is 2.62. The van der Waals surface area contributed by atoms with Gasteiger partial charge in [0.25, 0.3) is 0 Å². The van der Waals surface area contributed by atoms with Gasteiger partial charge in [-0.3, -0.25) is 4.57 Å². The van der Waals surface area contributed by atoms with Gasteiger partial charge in [-0.2, -0.15) is 0 Å². The Morgan fingerprint density at radius 2 is 1.92 bits per heavy atom. The first-order chi connectivity index (χ1) is 5.91. The highest BCUT2D eigenvalue weighted by atomic mass is 31.2. The normalized spacial score (nSPS) is 17.8. The van der Waals surface area contributed by atoms with Crippen LogP contribution in [0.25, 0.3) is 0 Å². The molecular weight excluding hydrogens is 192 g/mol. The van der Waals surface area contributed by atoms with Crippen LogP contribution < -0.4 is 5.73 Å². The first-order valence-corrected chi connectivity index (χ1v) is 5.90. The summed E-state index contributed by atoms with van der Waals surface area (Å²) < 4.78 is 23.6. The van der Waals surface area contributed by atoms with Gasteiger partial charge < -0.3 is 10.6 Å². The molecule has 0 aliphatic heterocycles. The number of benzene rings is 1. The predicted octanol–water partition coefficient (Wildman–Crippen LogP) is 1.68. The lowest BCUT2D eigenvalue weighted by atomic mass is 10.2. The molecule has 3 nitrogen and oxygen atoms in total. The largest absolute Gasteiger partial charge is 0.343 e. The van der Waals surface area contributed by atoms with E-state index < -0.39 is 13.2 Å². The molecule has 72 valence electrons. The standard InChI is InChI=1S/C8H11FNO2P/c1-13(11,12)8(10)6-2-4-7(9)5-3-6/h2-5,8H,10H2,1H3,(H,11,12). The molecule has 0 aliphatic carbocycles. The Kier molecular flexibility index (Phi) is 2.86. The van der Waals surface area contributed by atoms with Crippen LogP contribution in [0.15, 0.2) is 24.3 Å². The fourth-order valence-corrected chi connectivity index (χ4v) is 1.66. The Labute approximate surface area is 75.8 Å². The maximum absolute atomic E-state index is 12.5. The highest BCUT2D eigenvalue weighted by Gasteiger charge is 2.22. The maximum atomic E-state index is 12.5. The van der Waals surface area contributed by atoms with Gasteiger partial charge in [-0.15, -0.1) is 0 Å². The Morgan fingerprint density at radius 1 is 1.46 bits per heavy atom. The predicted molar refractivity (Wildman–Crippen MR) is 49.1 cm³/mol. The fraction of sp³-hybridized carbons (Fsp3) is 0.250. The van der Waals surface area contributed by atoms with Crippen molar-refractivity contribution in [1.29, 1.82) is 0 Å². The van der Waals surface area contributed by atoms with Crippen molar-refractivity contribution in [2.45, 2.75) is 5.78 Å². The van der Waals surface area contributed by atoms with Crippen LogP contribution in [0.1, 0.15) is 11.3 Å². The van der Waals surface area contributed by atoms with Crippen LogP contribution in [0, 0.1) is 5.82 Å². The van der Waals surface area contributed by atoms with Gasteiger partial charge in [0.15, 0.2) is 0 Å². The first kappa shape index (κ1) is 10.4. The zero-order valence-corrected chi connectivity index (χ0v) is 8.04. The first-order valence-electron chi connectivity index (χ1n) is 3.72. The topological polar surface area (TPSA) is 63.3 Å². The minimum Gasteiger partial charge on any atom is -0.343 e. The lowest BCUT2D eigenvalue weighted by Gasteiger charge is -2.14. The van der Waals surface area contributed by atoms with Gasteiger partial charge in [0.1, 0.15) is 11.6 Å². The van der Waals surface area contributed by atoms with E-state index in [1.807, 2.05) is 0 Å². The second-order valence-corrected chi connectivity index (χ2v) is 5.38. The van der Waals surface area contributed by atoms with E-state index in [9.17, 15) is 8.96 Å². The van der Waals surface area contributed by atoms with E-state index >= 15 is 0 Å². The van der Waals surface area contributed by atoms with Crippen LogP contribution in [0.2, 0.25) is 0 Å². The second-order valence-electron chi connectivity index (χ2n) is 2.94. The number of hydrogen-bond acceptors (Lipinski definition) is 2. The molecule has 1 aromatic rings. The van der Waals surface area contributed by atoms with Crippen LogP contribution in [-0.4, -0.2) is 11.6 Å². The summed E-state index contributed by atoms with van der Waals surface area (Å²) in [6.07, 6.45) is 0. The molecule has 0 aromatic heterocycles. The summed E-state index contributed by atoms with van der Waals surface area (Å²) in [6.45, 7) is 1.18. The van der Waals surface area contributed by atoms with Crippen LogP contribution in [-0.2, 0) is 4.57 Å². The third-order valence-corrected chi connectivity index (χ3v) is 3.06. The summed E-state index contributed by atoms with van der Waals surface area (Å²) in [5.74, 6) is -1.33. The van der Waals surface area contributed by atoms with Crippen LogP contribution >= 0.6 is 7.37 Å². The van der Waals surface area contributed by atoms with Gasteiger partial charge in [-0.05, 0) is 17.7 Å². The molecule has 3 N–H and O–H groups in total. The van der Waals surface area contributed by atoms with Crippen molar-refractivity contribution in [3.05, 3.63) is 35.6 Å². The van der Waals surface area contributed by atoms with E-state index in [1.54, 1.807) is 0 Å². The molecular formula is C8H11FNO2P. The lowest BCUT2D eigenvalue weighted by molar-refractivity contribution is 0.472. The Bertz CT molecular complexity index is 333. The molecule has 0 saturated carbocycles. The van der Waals surface area contributed by atoms with Crippen molar-refractivity contribution in [3.8, 4) is 0 Å². The summed E-state index contributed by atoms with van der Waals surface area (Å²) in [5, 5.41) is 0.